The molecule has 2 rings (SSSR count). The van der Waals surface area contributed by atoms with Crippen LogP contribution in [-0.2, 0) is 0 Å². The van der Waals surface area contributed by atoms with Crippen molar-refractivity contribution < 1.29 is 4.79 Å². The zero-order chi connectivity index (χ0) is 10.7. The van der Waals surface area contributed by atoms with Gasteiger partial charge in [0.2, 0.25) is 0 Å². The Morgan fingerprint density at radius 3 is 2.93 bits per heavy atom. The fourth-order valence-corrected chi connectivity index (χ4v) is 3.02. The van der Waals surface area contributed by atoms with Crippen molar-refractivity contribution in [3.63, 3.8) is 0 Å². The minimum atomic E-state index is 0.656. The highest BCUT2D eigenvalue weighted by Gasteiger charge is 2.05. The van der Waals surface area contributed by atoms with E-state index >= 15 is 0 Å². The summed E-state index contributed by atoms with van der Waals surface area (Å²) in [5, 5.41) is 0. The predicted octanol–water partition coefficient (Wildman–Crippen LogP) is 3.26. The molecule has 1 aromatic carbocycles. The van der Waals surface area contributed by atoms with Gasteiger partial charge < -0.3 is 0 Å². The zero-order valence-corrected chi connectivity index (χ0v) is 10.6. The molecule has 0 aliphatic heterocycles. The van der Waals surface area contributed by atoms with Gasteiger partial charge in [-0.05, 0) is 39.6 Å². The Morgan fingerprint density at radius 1 is 1.47 bits per heavy atom. The van der Waals surface area contributed by atoms with Crippen LogP contribution in [0.15, 0.2) is 38.2 Å². The number of rotatable bonds is 3. The summed E-state index contributed by atoms with van der Waals surface area (Å²) in [4.78, 5) is 15.6. The highest BCUT2D eigenvalue weighted by molar-refractivity contribution is 9.10. The monoisotopic (exact) mass is 300 g/mol. The predicted molar refractivity (Wildman–Crippen MR) is 63.6 cm³/mol. The molecule has 2 aromatic rings. The van der Waals surface area contributed by atoms with Crippen LogP contribution in [0, 0.1) is 0 Å². The summed E-state index contributed by atoms with van der Waals surface area (Å²) in [5.41, 5.74) is 0.656. The maximum Gasteiger partial charge on any atom is 0.174 e. The third-order valence-electron chi connectivity index (χ3n) is 1.63. The van der Waals surface area contributed by atoms with E-state index in [4.69, 9.17) is 0 Å². The average Bonchev–Trinajstić information content (AvgIpc) is 2.74. The summed E-state index contributed by atoms with van der Waals surface area (Å²) in [6, 6.07) is 5.46. The van der Waals surface area contributed by atoms with Gasteiger partial charge in [-0.2, -0.15) is 4.37 Å². The molecule has 0 atom stereocenters. The van der Waals surface area contributed by atoms with E-state index in [-0.39, 0.29) is 0 Å². The van der Waals surface area contributed by atoms with E-state index in [1.807, 2.05) is 6.07 Å². The SMILES string of the molecule is O=Cc1ccc(Sc2ncns2)c(Br)c1. The second-order valence-electron chi connectivity index (χ2n) is 2.62. The highest BCUT2D eigenvalue weighted by Crippen LogP contribution is 2.33. The summed E-state index contributed by atoms with van der Waals surface area (Å²) in [7, 11) is 0. The van der Waals surface area contributed by atoms with Gasteiger partial charge in [0.05, 0.1) is 0 Å². The Morgan fingerprint density at radius 2 is 2.33 bits per heavy atom. The number of carbonyl (C=O) groups is 1. The van der Waals surface area contributed by atoms with E-state index in [9.17, 15) is 4.79 Å². The maximum atomic E-state index is 10.5. The largest absolute Gasteiger partial charge is 0.298 e. The normalized spacial score (nSPS) is 10.2. The molecule has 0 N–H and O–H groups in total. The Balaban J connectivity index is 2.26. The van der Waals surface area contributed by atoms with Gasteiger partial charge in [0, 0.05) is 14.9 Å². The van der Waals surface area contributed by atoms with Gasteiger partial charge in [-0.3, -0.25) is 4.79 Å². The van der Waals surface area contributed by atoms with Crippen LogP contribution in [0.5, 0.6) is 0 Å². The van der Waals surface area contributed by atoms with Crippen LogP contribution < -0.4 is 0 Å². The van der Waals surface area contributed by atoms with Crippen LogP contribution in [0.3, 0.4) is 0 Å². The lowest BCUT2D eigenvalue weighted by atomic mass is 10.2. The van der Waals surface area contributed by atoms with Crippen molar-refractivity contribution in [1.82, 2.24) is 9.36 Å². The molecular formula is C9H5BrN2OS2. The summed E-state index contributed by atoms with van der Waals surface area (Å²) in [6.45, 7) is 0. The standard InChI is InChI=1S/C9H5BrN2OS2/c10-7-3-6(4-13)1-2-8(7)14-9-11-5-12-15-9/h1-5H. The molecular weight excluding hydrogens is 296 g/mol. The molecule has 0 bridgehead atoms. The first-order chi connectivity index (χ1) is 7.29. The minimum Gasteiger partial charge on any atom is -0.298 e. The molecule has 15 heavy (non-hydrogen) atoms. The molecule has 0 saturated carbocycles. The first-order valence-corrected chi connectivity index (χ1v) is 6.37. The number of benzene rings is 1. The number of halogens is 1. The molecule has 3 nitrogen and oxygen atoms in total. The molecule has 0 saturated heterocycles. The third kappa shape index (κ3) is 2.64. The van der Waals surface area contributed by atoms with Gasteiger partial charge in [0.1, 0.15) is 12.6 Å². The molecule has 0 fully saturated rings. The minimum absolute atomic E-state index is 0.656. The zero-order valence-electron chi connectivity index (χ0n) is 7.38. The van der Waals surface area contributed by atoms with Gasteiger partial charge in [-0.1, -0.05) is 17.8 Å². The highest BCUT2D eigenvalue weighted by atomic mass is 79.9. The fourth-order valence-electron chi connectivity index (χ4n) is 0.975. The van der Waals surface area contributed by atoms with Crippen LogP contribution in [0.2, 0.25) is 0 Å². The van der Waals surface area contributed by atoms with E-state index in [1.54, 1.807) is 12.1 Å². The Kier molecular flexibility index (Phi) is 3.50. The number of aldehydes is 1. The van der Waals surface area contributed by atoms with Crippen LogP contribution in [-0.4, -0.2) is 15.6 Å². The topological polar surface area (TPSA) is 42.9 Å². The average molecular weight is 301 g/mol. The summed E-state index contributed by atoms with van der Waals surface area (Å²) in [6.07, 6.45) is 2.35. The Hall–Kier alpha value is -0.720. The maximum absolute atomic E-state index is 10.5. The Labute approximate surface area is 103 Å². The molecule has 0 aliphatic rings. The number of hydrogen-bond donors (Lipinski definition) is 0. The summed E-state index contributed by atoms with van der Waals surface area (Å²) < 4.78 is 5.70. The summed E-state index contributed by atoms with van der Waals surface area (Å²) >= 11 is 6.28. The fraction of sp³-hybridized carbons (Fsp3) is 0. The van der Waals surface area contributed by atoms with Crippen molar-refractivity contribution in [1.29, 1.82) is 0 Å². The molecule has 0 spiro atoms. The molecule has 0 unspecified atom stereocenters. The number of carbonyl (C=O) groups excluding carboxylic acids is 1. The molecule has 0 radical (unpaired) electrons. The van der Waals surface area contributed by atoms with Crippen molar-refractivity contribution >= 4 is 45.5 Å². The van der Waals surface area contributed by atoms with Gasteiger partial charge in [-0.25, -0.2) is 4.98 Å². The second kappa shape index (κ2) is 4.87. The second-order valence-corrected chi connectivity index (χ2v) is 5.54. The van der Waals surface area contributed by atoms with Crippen molar-refractivity contribution in [3.05, 3.63) is 34.6 Å². The number of hydrogen-bond acceptors (Lipinski definition) is 5. The Bertz CT molecular complexity index is 473. The van der Waals surface area contributed by atoms with Crippen molar-refractivity contribution in [2.24, 2.45) is 0 Å². The first-order valence-electron chi connectivity index (χ1n) is 3.99. The number of nitrogens with zero attached hydrogens (tertiary/aromatic N) is 2. The molecule has 76 valence electrons. The lowest BCUT2D eigenvalue weighted by Crippen LogP contribution is -1.81. The van der Waals surface area contributed by atoms with Crippen LogP contribution in [0.4, 0.5) is 0 Å². The van der Waals surface area contributed by atoms with Crippen LogP contribution in [0.25, 0.3) is 0 Å². The molecule has 1 aromatic heterocycles. The molecule has 6 heteroatoms. The van der Waals surface area contributed by atoms with Gasteiger partial charge in [0.15, 0.2) is 4.34 Å². The van der Waals surface area contributed by atoms with Crippen LogP contribution in [0.1, 0.15) is 10.4 Å². The van der Waals surface area contributed by atoms with Crippen LogP contribution >= 0.6 is 39.2 Å². The van der Waals surface area contributed by atoms with Crippen molar-refractivity contribution in [2.45, 2.75) is 9.24 Å². The lowest BCUT2D eigenvalue weighted by Gasteiger charge is -2.01. The molecule has 0 amide bonds. The van der Waals surface area contributed by atoms with Gasteiger partial charge >= 0.3 is 0 Å². The third-order valence-corrected chi connectivity index (χ3v) is 4.34. The van der Waals surface area contributed by atoms with E-state index in [0.717, 1.165) is 20.0 Å². The lowest BCUT2D eigenvalue weighted by molar-refractivity contribution is 0.112. The van der Waals surface area contributed by atoms with E-state index in [2.05, 4.69) is 25.3 Å². The number of aromatic nitrogens is 2. The summed E-state index contributed by atoms with van der Waals surface area (Å²) in [5.74, 6) is 0. The van der Waals surface area contributed by atoms with Gasteiger partial charge in [-0.15, -0.1) is 0 Å². The quantitative estimate of drug-likeness (QED) is 0.816. The van der Waals surface area contributed by atoms with Crippen molar-refractivity contribution in [3.8, 4) is 0 Å². The van der Waals surface area contributed by atoms with Crippen molar-refractivity contribution in [2.75, 3.05) is 0 Å². The van der Waals surface area contributed by atoms with Gasteiger partial charge in [0.25, 0.3) is 0 Å². The van der Waals surface area contributed by atoms with E-state index in [1.165, 1.54) is 29.6 Å². The molecule has 1 heterocycles. The van der Waals surface area contributed by atoms with E-state index < -0.39 is 0 Å². The smallest absolute Gasteiger partial charge is 0.174 e. The van der Waals surface area contributed by atoms with E-state index in [0.29, 0.717) is 5.56 Å². The molecule has 0 aliphatic carbocycles. The first kappa shape index (κ1) is 10.8.